The Balaban J connectivity index is 1.36. The normalized spacial score (nSPS) is 15.8. The minimum absolute atomic E-state index is 0.123. The van der Waals surface area contributed by atoms with E-state index >= 15 is 0 Å². The van der Waals surface area contributed by atoms with Gasteiger partial charge in [-0.15, -0.1) is 0 Å². The molecule has 1 saturated heterocycles. The first kappa shape index (κ1) is 27.3. The Morgan fingerprint density at radius 3 is 2.10 bits per heavy atom. The molecule has 4 aromatic rings. The summed E-state index contributed by atoms with van der Waals surface area (Å²) in [6, 6.07) is 15.4. The highest BCUT2D eigenvalue weighted by atomic mass is 32.2. The lowest BCUT2D eigenvalue weighted by Gasteiger charge is -2.20. The molecule has 14 heteroatoms. The molecule has 208 valence electrons. The van der Waals surface area contributed by atoms with Gasteiger partial charge in [-0.25, -0.2) is 40.3 Å². The van der Waals surface area contributed by atoms with Crippen molar-refractivity contribution in [3.8, 4) is 22.6 Å². The van der Waals surface area contributed by atoms with Gasteiger partial charge >= 0.3 is 0 Å². The van der Waals surface area contributed by atoms with Crippen LogP contribution in [-0.4, -0.2) is 41.8 Å². The first-order valence-electron chi connectivity index (χ1n) is 11.8. The van der Waals surface area contributed by atoms with E-state index < -0.39 is 50.0 Å². The molecule has 0 spiro atoms. The molecule has 0 amide bonds. The van der Waals surface area contributed by atoms with Crippen LogP contribution in [0.3, 0.4) is 0 Å². The van der Waals surface area contributed by atoms with Crippen molar-refractivity contribution in [1.29, 1.82) is 0 Å². The zero-order chi connectivity index (χ0) is 28.6. The zero-order valence-electron chi connectivity index (χ0n) is 20.4. The summed E-state index contributed by atoms with van der Waals surface area (Å²) >= 11 is 0. The second-order valence-electron chi connectivity index (χ2n) is 8.81. The van der Waals surface area contributed by atoms with E-state index in [1.54, 1.807) is 36.4 Å². The molecule has 1 aliphatic heterocycles. The largest absolute Gasteiger partial charge is 0.457 e. The third-order valence-corrected chi connectivity index (χ3v) is 8.14. The van der Waals surface area contributed by atoms with Gasteiger partial charge in [0, 0.05) is 19.1 Å². The van der Waals surface area contributed by atoms with Gasteiger partial charge < -0.3 is 15.8 Å². The Bertz CT molecular complexity index is 1650. The van der Waals surface area contributed by atoms with Crippen molar-refractivity contribution in [3.63, 3.8) is 0 Å². The quantitative estimate of drug-likeness (QED) is 0.179. The Morgan fingerprint density at radius 2 is 1.45 bits per heavy atom. The number of hydrogen-bond donors (Lipinski definition) is 2. The third-order valence-electron chi connectivity index (χ3n) is 6.26. The lowest BCUT2D eigenvalue weighted by Crippen LogP contribution is -2.33. The average Bonchev–Trinajstić information content (AvgIpc) is 3.42. The molecular formula is C26H20F5N5O3S. The predicted octanol–water partition coefficient (Wildman–Crippen LogP) is 5.09. The predicted molar refractivity (Wildman–Crippen MR) is 135 cm³/mol. The van der Waals surface area contributed by atoms with Crippen molar-refractivity contribution in [3.05, 3.63) is 90.0 Å². The van der Waals surface area contributed by atoms with Gasteiger partial charge in [0.1, 0.15) is 29.5 Å². The monoisotopic (exact) mass is 577 g/mol. The Kier molecular flexibility index (Phi) is 7.29. The van der Waals surface area contributed by atoms with E-state index in [0.29, 0.717) is 26.9 Å². The van der Waals surface area contributed by atoms with Crippen LogP contribution in [0.1, 0.15) is 6.42 Å². The van der Waals surface area contributed by atoms with Gasteiger partial charge in [-0.3, -0.25) is 0 Å². The molecule has 1 aromatic heterocycles. The highest BCUT2D eigenvalue weighted by Gasteiger charge is 2.40. The maximum Gasteiger partial charge on any atom is 0.249 e. The van der Waals surface area contributed by atoms with Gasteiger partial charge in [-0.2, -0.15) is 4.31 Å². The van der Waals surface area contributed by atoms with Gasteiger partial charge in [0.05, 0.1) is 5.56 Å². The number of nitrogens with one attached hydrogen (secondary N) is 1. The van der Waals surface area contributed by atoms with Crippen LogP contribution in [0.4, 0.5) is 33.6 Å². The molecule has 1 fully saturated rings. The second kappa shape index (κ2) is 10.7. The molecule has 0 saturated carbocycles. The Hall–Kier alpha value is -4.30. The lowest BCUT2D eigenvalue weighted by molar-refractivity contribution is 0.353. The van der Waals surface area contributed by atoms with Gasteiger partial charge in [0.2, 0.25) is 15.8 Å². The highest BCUT2D eigenvalue weighted by molar-refractivity contribution is 7.89. The standard InChI is InChI=1S/C26H20F5N5O3S/c27-19-20(28)22(30)24(23(31)21(19)29)40(37,38)36-11-10-15(12-36)35-26-18(25(32)33-13-34-26)14-6-8-17(9-7-14)39-16-4-2-1-3-5-16/h1-9,13,15H,10-12H2,(H3,32,33,34,35). The Morgan fingerprint density at radius 1 is 0.850 bits per heavy atom. The third kappa shape index (κ3) is 5.02. The van der Waals surface area contributed by atoms with E-state index in [4.69, 9.17) is 10.5 Å². The summed E-state index contributed by atoms with van der Waals surface area (Å²) in [4.78, 5) is 6.34. The number of aromatic nitrogens is 2. The highest BCUT2D eigenvalue weighted by Crippen LogP contribution is 2.35. The summed E-state index contributed by atoms with van der Waals surface area (Å²) in [6.45, 7) is -0.587. The average molecular weight is 578 g/mol. The number of ether oxygens (including phenoxy) is 1. The van der Waals surface area contributed by atoms with Crippen molar-refractivity contribution in [1.82, 2.24) is 14.3 Å². The number of rotatable bonds is 7. The summed E-state index contributed by atoms with van der Waals surface area (Å²) in [5.41, 5.74) is 7.15. The number of para-hydroxylation sites is 1. The van der Waals surface area contributed by atoms with Crippen molar-refractivity contribution in [2.45, 2.75) is 17.4 Å². The molecule has 0 bridgehead atoms. The molecule has 3 aromatic carbocycles. The van der Waals surface area contributed by atoms with Gasteiger partial charge in [0.15, 0.2) is 28.2 Å². The van der Waals surface area contributed by atoms with E-state index in [1.807, 2.05) is 18.2 Å². The van der Waals surface area contributed by atoms with Gasteiger partial charge in [-0.05, 0) is 36.2 Å². The van der Waals surface area contributed by atoms with Crippen LogP contribution in [0.2, 0.25) is 0 Å². The van der Waals surface area contributed by atoms with Crippen molar-refractivity contribution in [2.75, 3.05) is 24.1 Å². The number of benzene rings is 3. The fraction of sp³-hybridized carbons (Fsp3) is 0.154. The van der Waals surface area contributed by atoms with E-state index in [1.165, 1.54) is 6.33 Å². The van der Waals surface area contributed by atoms with Crippen LogP contribution in [0.25, 0.3) is 11.1 Å². The van der Waals surface area contributed by atoms with Crippen LogP contribution in [0.5, 0.6) is 11.5 Å². The van der Waals surface area contributed by atoms with Gasteiger partial charge in [0.25, 0.3) is 0 Å². The molecular weight excluding hydrogens is 557 g/mol. The molecule has 40 heavy (non-hydrogen) atoms. The van der Waals surface area contributed by atoms with Crippen LogP contribution in [0, 0.1) is 29.1 Å². The minimum atomic E-state index is -5.06. The molecule has 3 N–H and O–H groups in total. The lowest BCUT2D eigenvalue weighted by atomic mass is 10.1. The number of nitrogens with zero attached hydrogens (tertiary/aromatic N) is 3. The summed E-state index contributed by atoms with van der Waals surface area (Å²) in [5.74, 6) is -10.4. The SMILES string of the molecule is Nc1ncnc(NC2CCN(S(=O)(=O)c3c(F)c(F)c(F)c(F)c3F)C2)c1-c1ccc(Oc2ccccc2)cc1. The molecule has 1 aliphatic rings. The Labute approximate surface area is 225 Å². The van der Waals surface area contributed by atoms with E-state index in [-0.39, 0.29) is 31.1 Å². The number of hydrogen-bond acceptors (Lipinski definition) is 7. The van der Waals surface area contributed by atoms with Gasteiger partial charge in [-0.1, -0.05) is 30.3 Å². The van der Waals surface area contributed by atoms with E-state index in [9.17, 15) is 30.4 Å². The fourth-order valence-corrected chi connectivity index (χ4v) is 5.92. The van der Waals surface area contributed by atoms with Crippen LogP contribution in [-0.2, 0) is 10.0 Å². The maximum absolute atomic E-state index is 14.2. The van der Waals surface area contributed by atoms with Crippen LogP contribution >= 0.6 is 0 Å². The van der Waals surface area contributed by atoms with Crippen molar-refractivity contribution >= 4 is 21.7 Å². The number of halogens is 5. The first-order chi connectivity index (χ1) is 19.1. The molecule has 5 rings (SSSR count). The minimum Gasteiger partial charge on any atom is -0.457 e. The summed E-state index contributed by atoms with van der Waals surface area (Å²) < 4.78 is 101. The summed E-state index contributed by atoms with van der Waals surface area (Å²) in [7, 11) is -5.06. The molecule has 2 heterocycles. The van der Waals surface area contributed by atoms with Crippen LogP contribution in [0.15, 0.2) is 65.8 Å². The van der Waals surface area contributed by atoms with Crippen LogP contribution < -0.4 is 15.8 Å². The number of nitrogen functional groups attached to an aromatic ring is 1. The molecule has 8 nitrogen and oxygen atoms in total. The fourth-order valence-electron chi connectivity index (χ4n) is 4.31. The summed E-state index contributed by atoms with van der Waals surface area (Å²) in [5, 5.41) is 3.05. The maximum atomic E-state index is 14.2. The summed E-state index contributed by atoms with van der Waals surface area (Å²) in [6.07, 6.45) is 1.34. The first-order valence-corrected chi connectivity index (χ1v) is 13.2. The number of anilines is 2. The number of sulfonamides is 1. The van der Waals surface area contributed by atoms with Crippen molar-refractivity contribution < 1.29 is 35.1 Å². The smallest absolute Gasteiger partial charge is 0.249 e. The molecule has 1 atom stereocenters. The second-order valence-corrected chi connectivity index (χ2v) is 10.7. The molecule has 0 radical (unpaired) electrons. The topological polar surface area (TPSA) is 110 Å². The van der Waals surface area contributed by atoms with E-state index in [2.05, 4.69) is 15.3 Å². The zero-order valence-corrected chi connectivity index (χ0v) is 21.2. The molecule has 1 unspecified atom stereocenters. The van der Waals surface area contributed by atoms with E-state index in [0.717, 1.165) is 0 Å². The number of nitrogens with two attached hydrogens (primary N) is 1. The molecule has 0 aliphatic carbocycles. The van der Waals surface area contributed by atoms with Crippen molar-refractivity contribution in [2.24, 2.45) is 0 Å².